The fourth-order valence-electron chi connectivity index (χ4n) is 1.97. The fourth-order valence-corrected chi connectivity index (χ4v) is 2.47. The molecule has 0 amide bonds. The lowest BCUT2D eigenvalue weighted by molar-refractivity contribution is -0.131. The molecule has 1 unspecified atom stereocenters. The van der Waals surface area contributed by atoms with Gasteiger partial charge in [-0.2, -0.15) is 5.26 Å². The predicted molar refractivity (Wildman–Crippen MR) is 78.4 cm³/mol. The minimum absolute atomic E-state index is 0.408. The quantitative estimate of drug-likeness (QED) is 0.857. The number of nitrogens with zero attached hydrogens (tertiary/aromatic N) is 2. The van der Waals surface area contributed by atoms with Crippen molar-refractivity contribution in [1.29, 1.82) is 5.26 Å². The molecule has 0 radical (unpaired) electrons. The van der Waals surface area contributed by atoms with Crippen LogP contribution in [0.4, 0.5) is 5.69 Å². The summed E-state index contributed by atoms with van der Waals surface area (Å²) < 4.78 is 6.12. The molecule has 1 saturated heterocycles. The first-order valence-corrected chi connectivity index (χ1v) is 6.86. The zero-order valence-corrected chi connectivity index (χ0v) is 12.2. The highest BCUT2D eigenvalue weighted by atomic mass is 79.9. The van der Waals surface area contributed by atoms with E-state index in [1.807, 2.05) is 18.2 Å². The number of anilines is 1. The van der Waals surface area contributed by atoms with Gasteiger partial charge in [-0.1, -0.05) is 22.0 Å². The highest BCUT2D eigenvalue weighted by Gasteiger charge is 2.20. The van der Waals surface area contributed by atoms with Gasteiger partial charge in [0.05, 0.1) is 19.2 Å². The molecule has 1 atom stereocenters. The number of carboxylic acid groups (broad SMARTS) is 1. The van der Waals surface area contributed by atoms with Gasteiger partial charge in [-0.05, 0) is 23.8 Å². The lowest BCUT2D eigenvalue weighted by Crippen LogP contribution is -2.41. The van der Waals surface area contributed by atoms with Crippen molar-refractivity contribution in [2.45, 2.75) is 6.10 Å². The van der Waals surface area contributed by atoms with Gasteiger partial charge in [-0.25, -0.2) is 4.79 Å². The van der Waals surface area contributed by atoms with E-state index in [1.54, 1.807) is 0 Å². The average Bonchev–Trinajstić information content (AvgIpc) is 2.46. The van der Waals surface area contributed by atoms with Gasteiger partial charge in [0.25, 0.3) is 0 Å². The third-order valence-electron chi connectivity index (χ3n) is 2.97. The van der Waals surface area contributed by atoms with Crippen molar-refractivity contribution >= 4 is 33.7 Å². The third kappa shape index (κ3) is 3.59. The first kappa shape index (κ1) is 14.6. The highest BCUT2D eigenvalue weighted by molar-refractivity contribution is 9.10. The van der Waals surface area contributed by atoms with Crippen LogP contribution in [0.1, 0.15) is 5.56 Å². The van der Waals surface area contributed by atoms with Crippen LogP contribution >= 0.6 is 15.9 Å². The molecular formula is C14H13BrN2O3. The van der Waals surface area contributed by atoms with E-state index in [9.17, 15) is 4.79 Å². The van der Waals surface area contributed by atoms with Gasteiger partial charge in [0.15, 0.2) is 6.10 Å². The van der Waals surface area contributed by atoms with Crippen molar-refractivity contribution in [3.8, 4) is 6.07 Å². The van der Waals surface area contributed by atoms with Gasteiger partial charge in [-0.15, -0.1) is 0 Å². The van der Waals surface area contributed by atoms with Crippen molar-refractivity contribution < 1.29 is 14.6 Å². The van der Waals surface area contributed by atoms with Crippen molar-refractivity contribution in [3.05, 3.63) is 34.3 Å². The van der Waals surface area contributed by atoms with E-state index < -0.39 is 12.1 Å². The summed E-state index contributed by atoms with van der Waals surface area (Å²) in [5.74, 6) is -0.981. The van der Waals surface area contributed by atoms with Gasteiger partial charge in [-0.3, -0.25) is 0 Å². The molecule has 2 rings (SSSR count). The first-order valence-electron chi connectivity index (χ1n) is 6.07. The minimum atomic E-state index is -0.981. The van der Waals surface area contributed by atoms with Gasteiger partial charge in [0.1, 0.15) is 0 Å². The summed E-state index contributed by atoms with van der Waals surface area (Å²) in [5, 5.41) is 17.5. The van der Waals surface area contributed by atoms with Gasteiger partial charge in [0, 0.05) is 22.8 Å². The second kappa shape index (κ2) is 6.55. The lowest BCUT2D eigenvalue weighted by atomic mass is 10.1. The number of halogens is 1. The number of carbonyl (C=O) groups is 1. The number of rotatable bonds is 3. The van der Waals surface area contributed by atoms with Crippen LogP contribution in [-0.2, 0) is 9.53 Å². The zero-order chi connectivity index (χ0) is 14.5. The van der Waals surface area contributed by atoms with Crippen LogP contribution in [0.25, 0.3) is 6.08 Å². The smallest absolute Gasteiger partial charge is 0.328 e. The monoisotopic (exact) mass is 336 g/mol. The molecule has 0 spiro atoms. The second-order valence-corrected chi connectivity index (χ2v) is 5.17. The SMILES string of the molecule is N#CC1CN(c2ccc(/C=C/C(=O)O)c(Br)c2)CCO1. The molecule has 0 aliphatic carbocycles. The van der Waals surface area contributed by atoms with Crippen LogP contribution in [0.5, 0.6) is 0 Å². The van der Waals surface area contributed by atoms with Crippen LogP contribution in [0.2, 0.25) is 0 Å². The number of carboxylic acids is 1. The first-order chi connectivity index (χ1) is 9.60. The summed E-state index contributed by atoms with van der Waals surface area (Å²) in [6.45, 7) is 1.79. The van der Waals surface area contributed by atoms with Gasteiger partial charge < -0.3 is 14.7 Å². The Morgan fingerprint density at radius 2 is 2.40 bits per heavy atom. The largest absolute Gasteiger partial charge is 0.478 e. The van der Waals surface area contributed by atoms with E-state index in [0.29, 0.717) is 13.2 Å². The van der Waals surface area contributed by atoms with Crippen LogP contribution in [0.15, 0.2) is 28.7 Å². The minimum Gasteiger partial charge on any atom is -0.478 e. The molecule has 6 heteroatoms. The number of aliphatic carboxylic acids is 1. The Hall–Kier alpha value is -1.84. The van der Waals surface area contributed by atoms with Crippen LogP contribution < -0.4 is 4.90 Å². The predicted octanol–water partition coefficient (Wildman–Crippen LogP) is 2.28. The summed E-state index contributed by atoms with van der Waals surface area (Å²) >= 11 is 3.43. The summed E-state index contributed by atoms with van der Waals surface area (Å²) in [4.78, 5) is 12.6. The number of hydrogen-bond acceptors (Lipinski definition) is 4. The van der Waals surface area contributed by atoms with E-state index in [-0.39, 0.29) is 0 Å². The Labute approximate surface area is 125 Å². The summed E-state index contributed by atoms with van der Waals surface area (Å²) in [7, 11) is 0. The van der Waals surface area contributed by atoms with Crippen molar-refractivity contribution in [2.75, 3.05) is 24.6 Å². The molecule has 1 aromatic rings. The second-order valence-electron chi connectivity index (χ2n) is 4.31. The number of hydrogen-bond donors (Lipinski definition) is 1. The Morgan fingerprint density at radius 3 is 3.05 bits per heavy atom. The molecule has 5 nitrogen and oxygen atoms in total. The third-order valence-corrected chi connectivity index (χ3v) is 3.65. The van der Waals surface area contributed by atoms with Crippen LogP contribution in [0.3, 0.4) is 0 Å². The van der Waals surface area contributed by atoms with Crippen molar-refractivity contribution in [3.63, 3.8) is 0 Å². The van der Waals surface area contributed by atoms with Gasteiger partial charge >= 0.3 is 5.97 Å². The zero-order valence-electron chi connectivity index (χ0n) is 10.6. The maximum Gasteiger partial charge on any atom is 0.328 e. The Bertz CT molecular complexity index is 580. The van der Waals surface area contributed by atoms with E-state index in [2.05, 4.69) is 26.9 Å². The average molecular weight is 337 g/mol. The summed E-state index contributed by atoms with van der Waals surface area (Å²) in [5.41, 5.74) is 1.77. The Kier molecular flexibility index (Phi) is 4.77. The molecule has 1 aromatic carbocycles. The van der Waals surface area contributed by atoms with E-state index in [0.717, 1.165) is 28.3 Å². The molecule has 0 aromatic heterocycles. The number of benzene rings is 1. The Balaban J connectivity index is 2.16. The fraction of sp³-hybridized carbons (Fsp3) is 0.286. The van der Waals surface area contributed by atoms with E-state index in [1.165, 1.54) is 6.08 Å². The maximum atomic E-state index is 10.5. The molecule has 0 saturated carbocycles. The lowest BCUT2D eigenvalue weighted by Gasteiger charge is -2.31. The van der Waals surface area contributed by atoms with Crippen LogP contribution in [-0.4, -0.2) is 36.9 Å². The molecular weight excluding hydrogens is 324 g/mol. The molecule has 0 bridgehead atoms. The topological polar surface area (TPSA) is 73.6 Å². The van der Waals surface area contributed by atoms with Crippen molar-refractivity contribution in [2.24, 2.45) is 0 Å². The summed E-state index contributed by atoms with van der Waals surface area (Å²) in [6, 6.07) is 7.78. The molecule has 20 heavy (non-hydrogen) atoms. The van der Waals surface area contributed by atoms with Crippen LogP contribution in [0, 0.1) is 11.3 Å². The van der Waals surface area contributed by atoms with E-state index in [4.69, 9.17) is 15.1 Å². The molecule has 104 valence electrons. The molecule has 1 aliphatic rings. The molecule has 1 aliphatic heterocycles. The maximum absolute atomic E-state index is 10.5. The number of nitriles is 1. The molecule has 1 heterocycles. The van der Waals surface area contributed by atoms with Crippen molar-refractivity contribution in [1.82, 2.24) is 0 Å². The number of ether oxygens (including phenoxy) is 1. The standard InChI is InChI=1S/C14H13BrN2O3/c15-13-7-11(3-1-10(13)2-4-14(18)19)17-5-6-20-12(8-16)9-17/h1-4,7,12H,5-6,9H2,(H,18,19)/b4-2+. The normalized spacial score (nSPS) is 19.0. The Morgan fingerprint density at radius 1 is 1.60 bits per heavy atom. The van der Waals surface area contributed by atoms with Gasteiger partial charge in [0.2, 0.25) is 0 Å². The van der Waals surface area contributed by atoms with E-state index >= 15 is 0 Å². The summed E-state index contributed by atoms with van der Waals surface area (Å²) in [6.07, 6.45) is 2.22. The highest BCUT2D eigenvalue weighted by Crippen LogP contribution is 2.26. The molecule has 1 fully saturated rings. The number of morpholine rings is 1. The molecule has 1 N–H and O–H groups in total.